The number of rotatable bonds is 5. The number of hydrogen-bond donors (Lipinski definition) is 1. The van der Waals surface area contributed by atoms with Gasteiger partial charge in [0.05, 0.1) is 19.0 Å². The summed E-state index contributed by atoms with van der Waals surface area (Å²) in [6.45, 7) is 4.56. The summed E-state index contributed by atoms with van der Waals surface area (Å²) in [5.41, 5.74) is 2.01. The molecule has 7 heteroatoms. The van der Waals surface area contributed by atoms with E-state index in [-0.39, 0.29) is 24.3 Å². The maximum absolute atomic E-state index is 12.5. The third-order valence-electron chi connectivity index (χ3n) is 4.33. The van der Waals surface area contributed by atoms with Gasteiger partial charge in [0.25, 0.3) is 0 Å². The summed E-state index contributed by atoms with van der Waals surface area (Å²) in [7, 11) is 0. The number of aryl methyl sites for hydroxylation is 1. The molecular formula is C18H21N5O2. The minimum atomic E-state index is -0.303. The molecule has 1 unspecified atom stereocenters. The molecule has 0 spiro atoms. The molecule has 3 rings (SSSR count). The van der Waals surface area contributed by atoms with Crippen LogP contribution in [0.5, 0.6) is 0 Å². The highest BCUT2D eigenvalue weighted by Crippen LogP contribution is 2.32. The summed E-state index contributed by atoms with van der Waals surface area (Å²) in [6, 6.07) is 7.51. The largest absolute Gasteiger partial charge is 0.349 e. The summed E-state index contributed by atoms with van der Waals surface area (Å²) < 4.78 is 1.88. The molecular weight excluding hydrogens is 318 g/mol. The van der Waals surface area contributed by atoms with Gasteiger partial charge in [-0.05, 0) is 24.1 Å². The van der Waals surface area contributed by atoms with Gasteiger partial charge in [-0.2, -0.15) is 0 Å². The minimum absolute atomic E-state index is 0.0886. The molecule has 1 aromatic carbocycles. The molecule has 2 heterocycles. The lowest BCUT2D eigenvalue weighted by molar-refractivity contribution is -0.130. The zero-order valence-corrected chi connectivity index (χ0v) is 14.3. The second-order valence-electron chi connectivity index (χ2n) is 5.90. The maximum atomic E-state index is 12.5. The molecule has 0 bridgehead atoms. The van der Waals surface area contributed by atoms with Crippen molar-refractivity contribution in [2.45, 2.75) is 39.4 Å². The van der Waals surface area contributed by atoms with E-state index in [1.54, 1.807) is 17.4 Å². The molecule has 130 valence electrons. The molecule has 0 aliphatic carbocycles. The Hall–Kier alpha value is -2.96. The van der Waals surface area contributed by atoms with E-state index in [4.69, 9.17) is 0 Å². The number of benzene rings is 1. The Morgan fingerprint density at radius 3 is 2.84 bits per heavy atom. The van der Waals surface area contributed by atoms with Crippen molar-refractivity contribution in [3.05, 3.63) is 53.7 Å². The second-order valence-corrected chi connectivity index (χ2v) is 5.90. The van der Waals surface area contributed by atoms with Crippen LogP contribution in [-0.4, -0.2) is 31.5 Å². The van der Waals surface area contributed by atoms with E-state index in [2.05, 4.69) is 15.5 Å². The summed E-state index contributed by atoms with van der Waals surface area (Å²) in [6.07, 6.45) is 5.48. The van der Waals surface area contributed by atoms with Crippen LogP contribution in [0.1, 0.15) is 43.3 Å². The lowest BCUT2D eigenvalue weighted by Crippen LogP contribution is -2.35. The van der Waals surface area contributed by atoms with Crippen LogP contribution in [0.25, 0.3) is 6.08 Å². The molecule has 0 saturated carbocycles. The molecule has 0 radical (unpaired) electrons. The van der Waals surface area contributed by atoms with Gasteiger partial charge in [0, 0.05) is 19.7 Å². The lowest BCUT2D eigenvalue weighted by Gasteiger charge is -2.32. The van der Waals surface area contributed by atoms with Gasteiger partial charge in [0.2, 0.25) is 11.8 Å². The van der Waals surface area contributed by atoms with E-state index in [1.165, 1.54) is 6.92 Å². The highest BCUT2D eigenvalue weighted by Gasteiger charge is 2.28. The lowest BCUT2D eigenvalue weighted by atomic mass is 9.93. The monoisotopic (exact) mass is 339 g/mol. The van der Waals surface area contributed by atoms with Crippen molar-refractivity contribution in [3.8, 4) is 0 Å². The van der Waals surface area contributed by atoms with Crippen LogP contribution in [0.3, 0.4) is 0 Å². The summed E-state index contributed by atoms with van der Waals surface area (Å²) in [4.78, 5) is 26.0. The third kappa shape index (κ3) is 3.60. The molecule has 1 atom stereocenters. The van der Waals surface area contributed by atoms with Gasteiger partial charge in [0.1, 0.15) is 6.33 Å². The van der Waals surface area contributed by atoms with Crippen molar-refractivity contribution in [3.63, 3.8) is 0 Å². The van der Waals surface area contributed by atoms with Crippen molar-refractivity contribution < 1.29 is 9.59 Å². The summed E-state index contributed by atoms with van der Waals surface area (Å²) >= 11 is 0. The number of nitrogens with zero attached hydrogens (tertiary/aromatic N) is 4. The van der Waals surface area contributed by atoms with Crippen LogP contribution in [-0.2, 0) is 22.7 Å². The SMILES string of the molecule is CCn1cnnc1CNC(=O)CC1c2ccccc2C=CN1C(C)=O. The standard InChI is InChI=1S/C18H21N5O2/c1-3-22-12-20-21-17(22)11-19-18(25)10-16-15-7-5-4-6-14(15)8-9-23(16)13(2)24/h4-9,12,16H,3,10-11H2,1-2H3,(H,19,25). The highest BCUT2D eigenvalue weighted by atomic mass is 16.2. The number of hydrogen-bond acceptors (Lipinski definition) is 4. The number of carbonyl (C=O) groups excluding carboxylic acids is 2. The van der Waals surface area contributed by atoms with Crippen LogP contribution in [0.4, 0.5) is 0 Å². The number of nitrogens with one attached hydrogen (secondary N) is 1. The molecule has 1 aliphatic heterocycles. The first-order valence-corrected chi connectivity index (χ1v) is 8.29. The molecule has 0 fully saturated rings. The molecule has 7 nitrogen and oxygen atoms in total. The normalized spacial score (nSPS) is 15.8. The van der Waals surface area contributed by atoms with Crippen molar-refractivity contribution in [1.82, 2.24) is 25.0 Å². The van der Waals surface area contributed by atoms with Gasteiger partial charge >= 0.3 is 0 Å². The Balaban J connectivity index is 1.72. The highest BCUT2D eigenvalue weighted by molar-refractivity contribution is 5.81. The Bertz CT molecular complexity index is 811. The van der Waals surface area contributed by atoms with Gasteiger partial charge in [-0.25, -0.2) is 0 Å². The molecule has 25 heavy (non-hydrogen) atoms. The van der Waals surface area contributed by atoms with Crippen molar-refractivity contribution >= 4 is 17.9 Å². The minimum Gasteiger partial charge on any atom is -0.349 e. The summed E-state index contributed by atoms with van der Waals surface area (Å²) in [5.74, 6) is 0.490. The summed E-state index contributed by atoms with van der Waals surface area (Å²) in [5, 5.41) is 10.7. The van der Waals surface area contributed by atoms with Gasteiger partial charge < -0.3 is 14.8 Å². The van der Waals surface area contributed by atoms with Crippen LogP contribution >= 0.6 is 0 Å². The van der Waals surface area contributed by atoms with Gasteiger partial charge in [0.15, 0.2) is 5.82 Å². The van der Waals surface area contributed by atoms with Crippen molar-refractivity contribution in [1.29, 1.82) is 0 Å². The Kier molecular flexibility index (Phi) is 4.92. The topological polar surface area (TPSA) is 80.1 Å². The van der Waals surface area contributed by atoms with Crippen LogP contribution in [0.15, 0.2) is 36.8 Å². The first-order valence-electron chi connectivity index (χ1n) is 8.29. The van der Waals surface area contributed by atoms with E-state index in [0.717, 1.165) is 17.7 Å². The second kappa shape index (κ2) is 7.29. The number of amides is 2. The Morgan fingerprint density at radius 1 is 1.28 bits per heavy atom. The van der Waals surface area contributed by atoms with Crippen molar-refractivity contribution in [2.24, 2.45) is 0 Å². The molecule has 1 aliphatic rings. The third-order valence-corrected chi connectivity index (χ3v) is 4.33. The zero-order valence-electron chi connectivity index (χ0n) is 14.3. The van der Waals surface area contributed by atoms with Crippen LogP contribution in [0, 0.1) is 0 Å². The van der Waals surface area contributed by atoms with Gasteiger partial charge in [-0.1, -0.05) is 24.3 Å². The fourth-order valence-corrected chi connectivity index (χ4v) is 3.02. The fourth-order valence-electron chi connectivity index (χ4n) is 3.02. The average molecular weight is 339 g/mol. The first kappa shape index (κ1) is 16.9. The Morgan fingerprint density at radius 2 is 2.08 bits per heavy atom. The van der Waals surface area contributed by atoms with Gasteiger partial charge in [-0.3, -0.25) is 9.59 Å². The molecule has 0 saturated heterocycles. The Labute approximate surface area is 146 Å². The van der Waals surface area contributed by atoms with E-state index >= 15 is 0 Å². The predicted octanol–water partition coefficient (Wildman–Crippen LogP) is 1.88. The number of carbonyl (C=O) groups is 2. The van der Waals surface area contributed by atoms with E-state index < -0.39 is 0 Å². The number of aromatic nitrogens is 3. The van der Waals surface area contributed by atoms with E-state index in [9.17, 15) is 9.59 Å². The smallest absolute Gasteiger partial charge is 0.223 e. The fraction of sp³-hybridized carbons (Fsp3) is 0.333. The van der Waals surface area contributed by atoms with Gasteiger partial charge in [-0.15, -0.1) is 10.2 Å². The average Bonchev–Trinajstić information content (AvgIpc) is 3.07. The van der Waals surface area contributed by atoms with E-state index in [1.807, 2.05) is 41.8 Å². The van der Waals surface area contributed by atoms with Crippen LogP contribution < -0.4 is 5.32 Å². The molecule has 1 N–H and O–H groups in total. The maximum Gasteiger partial charge on any atom is 0.223 e. The number of fused-ring (bicyclic) bond motifs is 1. The van der Waals surface area contributed by atoms with Crippen molar-refractivity contribution in [2.75, 3.05) is 0 Å². The molecule has 1 aromatic heterocycles. The van der Waals surface area contributed by atoms with E-state index in [0.29, 0.717) is 12.4 Å². The zero-order chi connectivity index (χ0) is 17.8. The first-order chi connectivity index (χ1) is 12.1. The molecule has 2 amide bonds. The quantitative estimate of drug-likeness (QED) is 0.902. The predicted molar refractivity (Wildman–Crippen MR) is 92.9 cm³/mol. The van der Waals surface area contributed by atoms with Crippen LogP contribution in [0.2, 0.25) is 0 Å². The molecule has 2 aromatic rings.